The normalized spacial score (nSPS) is 15.0. The van der Waals surface area contributed by atoms with E-state index in [1.807, 2.05) is 62.4 Å². The molecule has 0 bridgehead atoms. The lowest BCUT2D eigenvalue weighted by Crippen LogP contribution is -2.32. The molecule has 2 aromatic rings. The summed E-state index contributed by atoms with van der Waals surface area (Å²) in [6, 6.07) is 15.0. The Hall–Kier alpha value is -2.82. The first-order valence-electron chi connectivity index (χ1n) is 9.01. The van der Waals surface area contributed by atoms with Crippen LogP contribution in [-0.2, 0) is 9.59 Å². The molecule has 0 spiro atoms. The van der Waals surface area contributed by atoms with Gasteiger partial charge in [-0.05, 0) is 56.2 Å². The van der Waals surface area contributed by atoms with E-state index < -0.39 is 6.10 Å². The molecule has 0 aromatic heterocycles. The van der Waals surface area contributed by atoms with Crippen LogP contribution in [0.4, 0.5) is 11.4 Å². The van der Waals surface area contributed by atoms with Gasteiger partial charge in [0.1, 0.15) is 5.75 Å². The molecular formula is C21H24N2O3. The molecule has 26 heavy (non-hydrogen) atoms. The van der Waals surface area contributed by atoms with Crippen molar-refractivity contribution in [1.82, 2.24) is 0 Å². The maximum Gasteiger partial charge on any atom is 0.265 e. The number of hydrogen-bond acceptors (Lipinski definition) is 3. The molecule has 1 N–H and O–H groups in total. The molecule has 0 unspecified atom stereocenters. The van der Waals surface area contributed by atoms with Crippen LogP contribution in [0.1, 0.15) is 31.7 Å². The van der Waals surface area contributed by atoms with Crippen LogP contribution in [0.15, 0.2) is 48.5 Å². The van der Waals surface area contributed by atoms with E-state index in [9.17, 15) is 9.59 Å². The summed E-state index contributed by atoms with van der Waals surface area (Å²) in [7, 11) is 0. The molecule has 3 rings (SSSR count). The lowest BCUT2D eigenvalue weighted by molar-refractivity contribution is -0.122. The molecule has 1 fully saturated rings. The van der Waals surface area contributed by atoms with E-state index >= 15 is 0 Å². The standard InChI is InChI=1S/C21H24N2O3/c1-3-19(26-18-12-6-15(2)7-13-18)21(25)22-16-8-10-17(11-9-16)23-14-4-5-20(23)24/h6-13,19H,3-5,14H2,1-2H3,(H,22,25)/t19-/m0/s1. The Bertz CT molecular complexity index is 769. The molecule has 0 aliphatic carbocycles. The zero-order chi connectivity index (χ0) is 18.5. The summed E-state index contributed by atoms with van der Waals surface area (Å²) in [4.78, 5) is 26.1. The van der Waals surface area contributed by atoms with E-state index in [0.29, 0.717) is 24.3 Å². The van der Waals surface area contributed by atoms with Crippen LogP contribution in [0, 0.1) is 6.92 Å². The summed E-state index contributed by atoms with van der Waals surface area (Å²) in [6.45, 7) is 4.68. The van der Waals surface area contributed by atoms with Gasteiger partial charge >= 0.3 is 0 Å². The van der Waals surface area contributed by atoms with Crippen LogP contribution in [0.5, 0.6) is 5.75 Å². The third kappa shape index (κ3) is 4.23. The highest BCUT2D eigenvalue weighted by molar-refractivity contribution is 5.97. The van der Waals surface area contributed by atoms with Gasteiger partial charge in [-0.25, -0.2) is 0 Å². The Labute approximate surface area is 154 Å². The summed E-state index contributed by atoms with van der Waals surface area (Å²) in [5.41, 5.74) is 2.70. The Morgan fingerprint density at radius 1 is 1.15 bits per heavy atom. The number of carbonyl (C=O) groups excluding carboxylic acids is 2. The molecule has 5 heteroatoms. The molecule has 5 nitrogen and oxygen atoms in total. The highest BCUT2D eigenvalue weighted by atomic mass is 16.5. The lowest BCUT2D eigenvalue weighted by Gasteiger charge is -2.18. The number of nitrogens with zero attached hydrogens (tertiary/aromatic N) is 1. The Kier molecular flexibility index (Phi) is 5.56. The van der Waals surface area contributed by atoms with Crippen LogP contribution in [0.25, 0.3) is 0 Å². The highest BCUT2D eigenvalue weighted by Crippen LogP contribution is 2.23. The minimum absolute atomic E-state index is 0.152. The van der Waals surface area contributed by atoms with E-state index in [1.54, 1.807) is 4.90 Å². The number of carbonyl (C=O) groups is 2. The van der Waals surface area contributed by atoms with Gasteiger partial charge < -0.3 is 15.0 Å². The maximum atomic E-state index is 12.5. The topological polar surface area (TPSA) is 58.6 Å². The number of ether oxygens (including phenoxy) is 1. The fourth-order valence-electron chi connectivity index (χ4n) is 2.97. The fraction of sp³-hybridized carbons (Fsp3) is 0.333. The number of rotatable bonds is 6. The summed E-state index contributed by atoms with van der Waals surface area (Å²) in [5, 5.41) is 2.89. The molecule has 1 saturated heterocycles. The van der Waals surface area contributed by atoms with Crippen molar-refractivity contribution < 1.29 is 14.3 Å². The minimum atomic E-state index is -0.558. The molecule has 2 amide bonds. The van der Waals surface area contributed by atoms with E-state index in [1.165, 1.54) is 0 Å². The third-order valence-electron chi connectivity index (χ3n) is 4.48. The smallest absolute Gasteiger partial charge is 0.265 e. The molecular weight excluding hydrogens is 328 g/mol. The molecule has 0 saturated carbocycles. The zero-order valence-corrected chi connectivity index (χ0v) is 15.2. The van der Waals surface area contributed by atoms with Gasteiger partial charge in [-0.3, -0.25) is 9.59 Å². The Morgan fingerprint density at radius 3 is 2.42 bits per heavy atom. The van der Waals surface area contributed by atoms with Crippen molar-refractivity contribution in [2.24, 2.45) is 0 Å². The van der Waals surface area contributed by atoms with Gasteiger partial charge in [-0.2, -0.15) is 0 Å². The van der Waals surface area contributed by atoms with E-state index in [-0.39, 0.29) is 11.8 Å². The first kappa shape index (κ1) is 18.0. The molecule has 0 radical (unpaired) electrons. The number of benzene rings is 2. The zero-order valence-electron chi connectivity index (χ0n) is 15.2. The van der Waals surface area contributed by atoms with Crippen molar-refractivity contribution in [3.63, 3.8) is 0 Å². The predicted molar refractivity (Wildman–Crippen MR) is 103 cm³/mol. The molecule has 1 heterocycles. The number of aryl methyl sites for hydroxylation is 1. The molecule has 136 valence electrons. The van der Waals surface area contributed by atoms with Gasteiger partial charge in [0.05, 0.1) is 0 Å². The number of nitrogens with one attached hydrogen (secondary N) is 1. The van der Waals surface area contributed by atoms with Gasteiger partial charge in [0.15, 0.2) is 6.10 Å². The average Bonchev–Trinajstić information content (AvgIpc) is 3.07. The van der Waals surface area contributed by atoms with Crippen molar-refractivity contribution in [1.29, 1.82) is 0 Å². The largest absolute Gasteiger partial charge is 0.481 e. The van der Waals surface area contributed by atoms with E-state index in [2.05, 4.69) is 5.32 Å². The highest BCUT2D eigenvalue weighted by Gasteiger charge is 2.22. The number of hydrogen-bond donors (Lipinski definition) is 1. The van der Waals surface area contributed by atoms with Crippen LogP contribution in [0.2, 0.25) is 0 Å². The van der Waals surface area contributed by atoms with Gasteiger partial charge in [-0.15, -0.1) is 0 Å². The average molecular weight is 352 g/mol. The van der Waals surface area contributed by atoms with E-state index in [4.69, 9.17) is 4.74 Å². The molecule has 1 atom stereocenters. The minimum Gasteiger partial charge on any atom is -0.481 e. The second kappa shape index (κ2) is 8.04. The second-order valence-corrected chi connectivity index (χ2v) is 6.51. The summed E-state index contributed by atoms with van der Waals surface area (Å²) in [6.07, 6.45) is 1.51. The molecule has 2 aromatic carbocycles. The van der Waals surface area contributed by atoms with Crippen molar-refractivity contribution in [3.8, 4) is 5.75 Å². The lowest BCUT2D eigenvalue weighted by atomic mass is 10.2. The van der Waals surface area contributed by atoms with Crippen molar-refractivity contribution in [3.05, 3.63) is 54.1 Å². The maximum absolute atomic E-state index is 12.5. The first-order valence-corrected chi connectivity index (χ1v) is 9.01. The van der Waals surface area contributed by atoms with Gasteiger partial charge in [0.2, 0.25) is 5.91 Å². The Morgan fingerprint density at radius 2 is 1.85 bits per heavy atom. The van der Waals surface area contributed by atoms with Crippen molar-refractivity contribution >= 4 is 23.2 Å². The number of anilines is 2. The van der Waals surface area contributed by atoms with Gasteiger partial charge in [-0.1, -0.05) is 24.6 Å². The number of amides is 2. The third-order valence-corrected chi connectivity index (χ3v) is 4.48. The second-order valence-electron chi connectivity index (χ2n) is 6.51. The predicted octanol–water partition coefficient (Wildman–Crippen LogP) is 3.92. The Balaban J connectivity index is 1.62. The van der Waals surface area contributed by atoms with Crippen LogP contribution < -0.4 is 15.0 Å². The summed E-state index contributed by atoms with van der Waals surface area (Å²) < 4.78 is 5.81. The molecule has 1 aliphatic heterocycles. The SMILES string of the molecule is CC[C@H](Oc1ccc(C)cc1)C(=O)Nc1ccc(N2CCCC2=O)cc1. The quantitative estimate of drug-likeness (QED) is 0.857. The van der Waals surface area contributed by atoms with Crippen LogP contribution in [0.3, 0.4) is 0 Å². The van der Waals surface area contributed by atoms with E-state index in [0.717, 1.165) is 24.2 Å². The fourth-order valence-corrected chi connectivity index (χ4v) is 2.97. The summed E-state index contributed by atoms with van der Waals surface area (Å²) in [5.74, 6) is 0.651. The van der Waals surface area contributed by atoms with Crippen molar-refractivity contribution in [2.75, 3.05) is 16.8 Å². The van der Waals surface area contributed by atoms with Crippen LogP contribution >= 0.6 is 0 Å². The monoisotopic (exact) mass is 352 g/mol. The van der Waals surface area contributed by atoms with Gasteiger partial charge in [0.25, 0.3) is 5.91 Å². The molecule has 1 aliphatic rings. The summed E-state index contributed by atoms with van der Waals surface area (Å²) >= 11 is 0. The van der Waals surface area contributed by atoms with Crippen molar-refractivity contribution in [2.45, 2.75) is 39.2 Å². The van der Waals surface area contributed by atoms with Crippen LogP contribution in [-0.4, -0.2) is 24.5 Å². The first-order chi connectivity index (χ1) is 12.6. The van der Waals surface area contributed by atoms with Gasteiger partial charge in [0, 0.05) is 24.3 Å².